The third kappa shape index (κ3) is 4.70. The first-order chi connectivity index (χ1) is 12.2. The molecule has 0 spiro atoms. The summed E-state index contributed by atoms with van der Waals surface area (Å²) in [5, 5.41) is 0. The smallest absolute Gasteiger partial charge is 0.460 e. The number of rotatable bonds is 8. The number of hydrogen-bond donors (Lipinski definition) is 0. The predicted octanol–water partition coefficient (Wildman–Crippen LogP) is 1.84. The summed E-state index contributed by atoms with van der Waals surface area (Å²) < 4.78 is 170. The molecule has 1 heterocycles. The number of aromatic nitrogens is 2. The summed E-state index contributed by atoms with van der Waals surface area (Å²) >= 11 is 0. The summed E-state index contributed by atoms with van der Waals surface area (Å²) in [5.41, 5.74) is 0. The van der Waals surface area contributed by atoms with Crippen LogP contribution >= 0.6 is 0 Å². The molecule has 16 heteroatoms. The maximum absolute atomic E-state index is 13.5. The van der Waals surface area contributed by atoms with E-state index in [0.717, 1.165) is 4.57 Å². The van der Waals surface area contributed by atoms with Gasteiger partial charge in [0.15, 0.2) is 0 Å². The molecule has 0 radical (unpaired) electrons. The van der Waals surface area contributed by atoms with E-state index in [2.05, 4.69) is 0 Å². The lowest BCUT2D eigenvalue weighted by molar-refractivity contribution is -0.697. The molecule has 0 fully saturated rings. The van der Waals surface area contributed by atoms with Gasteiger partial charge in [-0.3, -0.25) is 0 Å². The van der Waals surface area contributed by atoms with Gasteiger partial charge in [-0.1, -0.05) is 0 Å². The lowest BCUT2D eigenvalue weighted by atomic mass is 9.92. The quantitative estimate of drug-likeness (QED) is 0.257. The van der Waals surface area contributed by atoms with Crippen molar-refractivity contribution < 1.29 is 85.6 Å². The van der Waals surface area contributed by atoms with Crippen LogP contribution < -0.4 is 28.5 Å². The average molecular weight is 570 g/mol. The Morgan fingerprint density at radius 1 is 0.724 bits per heavy atom. The highest BCUT2D eigenvalue weighted by molar-refractivity contribution is 5.10. The molecule has 2 nitrogen and oxygen atoms in total. The van der Waals surface area contributed by atoms with E-state index in [1.165, 1.54) is 30.3 Å². The second kappa shape index (κ2) is 8.28. The molecule has 0 aromatic carbocycles. The number of aryl methyl sites for hydroxylation is 2. The third-order valence-corrected chi connectivity index (χ3v) is 3.73. The highest BCUT2D eigenvalue weighted by Crippen LogP contribution is 2.60. The molecule has 0 saturated carbocycles. The minimum absolute atomic E-state index is 0. The van der Waals surface area contributed by atoms with Crippen molar-refractivity contribution in [1.29, 1.82) is 0 Å². The van der Waals surface area contributed by atoms with Gasteiger partial charge in [-0.25, -0.2) is 9.13 Å². The van der Waals surface area contributed by atoms with Crippen molar-refractivity contribution in [3.05, 3.63) is 18.7 Å². The first-order valence-corrected chi connectivity index (χ1v) is 7.19. The van der Waals surface area contributed by atoms with Gasteiger partial charge in [0.1, 0.15) is 12.4 Å². The number of nitrogens with zero attached hydrogens (tertiary/aromatic N) is 2. The van der Waals surface area contributed by atoms with E-state index in [0.29, 0.717) is 0 Å². The lowest BCUT2D eigenvalue weighted by Gasteiger charge is -2.39. The molecular weight excluding hydrogens is 558 g/mol. The zero-order valence-electron chi connectivity index (χ0n) is 14.0. The molecule has 0 aliphatic carbocycles. The Kier molecular flexibility index (Phi) is 8.00. The van der Waals surface area contributed by atoms with Crippen molar-refractivity contribution in [3.63, 3.8) is 0 Å². The van der Waals surface area contributed by atoms with E-state index in [1.54, 1.807) is 0 Å². The van der Waals surface area contributed by atoms with Crippen LogP contribution in [0.2, 0.25) is 0 Å². The van der Waals surface area contributed by atoms with Gasteiger partial charge in [0.25, 0.3) is 0 Å². The second-order valence-electron chi connectivity index (χ2n) is 5.92. The molecule has 0 unspecified atom stereocenters. The van der Waals surface area contributed by atoms with Crippen molar-refractivity contribution in [2.45, 2.75) is 55.2 Å². The van der Waals surface area contributed by atoms with E-state index in [9.17, 15) is 57.1 Å². The van der Waals surface area contributed by atoms with Gasteiger partial charge in [-0.15, -0.1) is 0 Å². The minimum atomic E-state index is -7.85. The van der Waals surface area contributed by atoms with Crippen LogP contribution in [0.5, 0.6) is 0 Å². The Hall–Kier alpha value is -0.970. The van der Waals surface area contributed by atoms with Crippen molar-refractivity contribution >= 4 is 0 Å². The summed E-state index contributed by atoms with van der Waals surface area (Å²) in [5.74, 6) is -36.5. The van der Waals surface area contributed by atoms with Gasteiger partial charge in [0, 0.05) is 6.42 Å². The molecule has 1 aromatic heterocycles. The van der Waals surface area contributed by atoms with E-state index in [1.807, 2.05) is 0 Å². The van der Waals surface area contributed by atoms with Gasteiger partial charge in [-0.2, -0.15) is 57.1 Å². The van der Waals surface area contributed by atoms with E-state index in [4.69, 9.17) is 0 Å². The summed E-state index contributed by atoms with van der Waals surface area (Å²) in [7, 11) is 1.47. The van der Waals surface area contributed by atoms with Gasteiger partial charge < -0.3 is 24.0 Å². The zero-order valence-corrected chi connectivity index (χ0v) is 16.2. The van der Waals surface area contributed by atoms with Crippen LogP contribution in [0.1, 0.15) is 12.8 Å². The molecule has 1 rings (SSSR count). The Labute approximate surface area is 171 Å². The van der Waals surface area contributed by atoms with Gasteiger partial charge >= 0.3 is 35.8 Å². The van der Waals surface area contributed by atoms with Gasteiger partial charge in [-0.05, 0) is 6.42 Å². The molecule has 0 N–H and O–H groups in total. The van der Waals surface area contributed by atoms with Crippen molar-refractivity contribution in [1.82, 2.24) is 4.57 Å². The predicted molar refractivity (Wildman–Crippen MR) is 65.6 cm³/mol. The SMILES string of the molecule is Cn1cc[n+](CCCC(F)(F)C(F)(F)C(F)(F)C(F)(F)C(F)(F)C(F)(F)F)c1.[I-]. The Morgan fingerprint density at radius 3 is 1.55 bits per heavy atom. The van der Waals surface area contributed by atoms with Gasteiger partial charge in [0.2, 0.25) is 6.33 Å². The molecule has 0 bridgehead atoms. The molecule has 0 aliphatic heterocycles. The van der Waals surface area contributed by atoms with Crippen molar-refractivity contribution in [2.75, 3.05) is 0 Å². The first-order valence-electron chi connectivity index (χ1n) is 7.19. The molecular formula is C13H12F13IN2. The van der Waals surface area contributed by atoms with Crippen LogP contribution in [0.3, 0.4) is 0 Å². The summed E-state index contributed by atoms with van der Waals surface area (Å²) in [6, 6.07) is 0. The summed E-state index contributed by atoms with van der Waals surface area (Å²) in [4.78, 5) is 0. The van der Waals surface area contributed by atoms with Crippen LogP contribution in [0, 0.1) is 0 Å². The minimum Gasteiger partial charge on any atom is -1.00 e. The fraction of sp³-hybridized carbons (Fsp3) is 0.769. The fourth-order valence-electron chi connectivity index (χ4n) is 2.08. The first kappa shape index (κ1) is 28.0. The normalized spacial score (nSPS) is 14.7. The number of imidazole rings is 1. The number of alkyl halides is 13. The van der Waals surface area contributed by atoms with E-state index in [-0.39, 0.29) is 24.0 Å². The zero-order chi connectivity index (χ0) is 22.4. The molecule has 172 valence electrons. The Bertz CT molecular complexity index is 680. The molecule has 29 heavy (non-hydrogen) atoms. The Balaban J connectivity index is 0.00000784. The maximum atomic E-state index is 13.5. The number of halogens is 14. The molecule has 0 aliphatic rings. The van der Waals surface area contributed by atoms with Crippen molar-refractivity contribution in [2.24, 2.45) is 7.05 Å². The standard InChI is InChI=1S/C13H12F13N2.HI/c1-27-5-6-28(7-27)4-2-3-8(14,15)9(16,17)10(18,19)11(20,21)12(22,23)13(24,25)26;/h5-7H,2-4H2,1H3;1H/q+1;/p-1. The van der Waals surface area contributed by atoms with Gasteiger partial charge in [0.05, 0.1) is 13.6 Å². The molecule has 0 amide bonds. The topological polar surface area (TPSA) is 8.81 Å². The van der Waals surface area contributed by atoms with Crippen LogP contribution in [-0.2, 0) is 13.6 Å². The Morgan fingerprint density at radius 2 is 1.17 bits per heavy atom. The molecule has 0 atom stereocenters. The van der Waals surface area contributed by atoms with Crippen molar-refractivity contribution in [3.8, 4) is 0 Å². The average Bonchev–Trinajstić information content (AvgIpc) is 2.90. The highest BCUT2D eigenvalue weighted by atomic mass is 127. The fourth-order valence-corrected chi connectivity index (χ4v) is 2.08. The van der Waals surface area contributed by atoms with Crippen LogP contribution in [-0.4, -0.2) is 40.4 Å². The van der Waals surface area contributed by atoms with Crippen LogP contribution in [0.25, 0.3) is 0 Å². The summed E-state index contributed by atoms with van der Waals surface area (Å²) in [6.45, 7) is -0.479. The monoisotopic (exact) mass is 570 g/mol. The van der Waals surface area contributed by atoms with E-state index < -0.39 is 55.2 Å². The highest BCUT2D eigenvalue weighted by Gasteiger charge is 2.90. The number of hydrogen-bond acceptors (Lipinski definition) is 0. The molecule has 0 saturated heterocycles. The lowest BCUT2D eigenvalue weighted by Crippen LogP contribution is -3.00. The van der Waals surface area contributed by atoms with Crippen LogP contribution in [0.4, 0.5) is 57.1 Å². The second-order valence-corrected chi connectivity index (χ2v) is 5.92. The molecule has 1 aromatic rings. The maximum Gasteiger partial charge on any atom is 0.460 e. The summed E-state index contributed by atoms with van der Waals surface area (Å²) in [6.07, 6.45) is -6.71. The van der Waals surface area contributed by atoms with E-state index >= 15 is 0 Å². The third-order valence-electron chi connectivity index (χ3n) is 3.73. The van der Waals surface area contributed by atoms with Crippen LogP contribution in [0.15, 0.2) is 18.7 Å². The largest absolute Gasteiger partial charge is 1.00 e.